The molecule has 0 aliphatic rings. The van der Waals surface area contributed by atoms with Gasteiger partial charge in [-0.25, -0.2) is 0 Å². The number of Topliss-reactive ketones (excluding diaryl/α,β-unsaturated/α-hetero) is 1. The minimum atomic E-state index is -0.866. The van der Waals surface area contributed by atoms with Crippen molar-refractivity contribution in [2.45, 2.75) is 22.8 Å². The lowest BCUT2D eigenvalue weighted by molar-refractivity contribution is 0.0902. The van der Waals surface area contributed by atoms with E-state index in [4.69, 9.17) is 0 Å². The lowest BCUT2D eigenvalue weighted by Gasteiger charge is -2.17. The molecule has 0 aliphatic carbocycles. The van der Waals surface area contributed by atoms with Crippen LogP contribution in [0.4, 0.5) is 0 Å². The van der Waals surface area contributed by atoms with Crippen LogP contribution in [0.1, 0.15) is 27.6 Å². The normalized spacial score (nSPS) is 13.7. The highest BCUT2D eigenvalue weighted by atomic mass is 79.9. The first-order chi connectivity index (χ1) is 10.0. The Kier molecular flexibility index (Phi) is 5.62. The summed E-state index contributed by atoms with van der Waals surface area (Å²) < 4.78 is 0. The minimum absolute atomic E-state index is 0.114. The van der Waals surface area contributed by atoms with Gasteiger partial charge in [-0.1, -0.05) is 57.9 Å². The van der Waals surface area contributed by atoms with Gasteiger partial charge in [-0.3, -0.25) is 4.79 Å². The van der Waals surface area contributed by atoms with Gasteiger partial charge in [0.05, 0.1) is 6.10 Å². The molecule has 110 valence electrons. The van der Waals surface area contributed by atoms with Gasteiger partial charge in [0.25, 0.3) is 0 Å². The maximum absolute atomic E-state index is 12.4. The van der Waals surface area contributed by atoms with Gasteiger partial charge >= 0.3 is 0 Å². The molecule has 4 heteroatoms. The molecule has 0 radical (unpaired) electrons. The van der Waals surface area contributed by atoms with Crippen LogP contribution in [0.15, 0.2) is 53.4 Å². The molecule has 0 heterocycles. The topological polar surface area (TPSA) is 37.3 Å². The average molecular weight is 365 g/mol. The molecule has 2 nitrogen and oxygen atoms in total. The Labute approximate surface area is 137 Å². The highest BCUT2D eigenvalue weighted by Crippen LogP contribution is 2.27. The van der Waals surface area contributed by atoms with Crippen molar-refractivity contribution in [3.8, 4) is 0 Å². The van der Waals surface area contributed by atoms with Crippen LogP contribution in [0.25, 0.3) is 0 Å². The van der Waals surface area contributed by atoms with Crippen LogP contribution >= 0.6 is 27.7 Å². The van der Waals surface area contributed by atoms with E-state index >= 15 is 0 Å². The summed E-state index contributed by atoms with van der Waals surface area (Å²) in [5, 5.41) is 10.4. The molecule has 0 aliphatic heterocycles. The van der Waals surface area contributed by atoms with Crippen LogP contribution in [-0.4, -0.2) is 22.0 Å². The van der Waals surface area contributed by atoms with Crippen molar-refractivity contribution in [1.29, 1.82) is 0 Å². The van der Waals surface area contributed by atoms with Crippen LogP contribution in [0.5, 0.6) is 0 Å². The van der Waals surface area contributed by atoms with Gasteiger partial charge < -0.3 is 5.11 Å². The van der Waals surface area contributed by atoms with E-state index in [1.165, 1.54) is 0 Å². The number of thioether (sulfide) groups is 1. The van der Waals surface area contributed by atoms with Crippen LogP contribution in [-0.2, 0) is 0 Å². The van der Waals surface area contributed by atoms with Crippen molar-refractivity contribution in [3.63, 3.8) is 0 Å². The van der Waals surface area contributed by atoms with Crippen molar-refractivity contribution >= 4 is 33.5 Å². The van der Waals surface area contributed by atoms with Crippen LogP contribution < -0.4 is 0 Å². The van der Waals surface area contributed by atoms with Gasteiger partial charge in [0, 0.05) is 10.5 Å². The third-order valence-corrected chi connectivity index (χ3v) is 4.98. The molecule has 0 fully saturated rings. The highest BCUT2D eigenvalue weighted by molar-refractivity contribution is 9.10. The summed E-state index contributed by atoms with van der Waals surface area (Å²) in [5.74, 6) is -0.114. The lowest BCUT2D eigenvalue weighted by Crippen LogP contribution is -2.22. The summed E-state index contributed by atoms with van der Waals surface area (Å²) in [4.78, 5) is 12.9. The van der Waals surface area contributed by atoms with Crippen LogP contribution in [0, 0.1) is 6.92 Å². The molecule has 0 aromatic heterocycles. The van der Waals surface area contributed by atoms with Gasteiger partial charge in [0.2, 0.25) is 0 Å². The standard InChI is InChI=1S/C17H17BrO2S/c1-11-3-5-12(6-4-11)16(19)15(18)17(20)13-7-9-14(21-2)10-8-13/h3-10,15,17,20H,1-2H3. The Bertz CT molecular complexity index is 608. The summed E-state index contributed by atoms with van der Waals surface area (Å²) in [6.07, 6.45) is 1.13. The predicted octanol–water partition coefficient (Wildman–Crippen LogP) is 4.40. The third-order valence-electron chi connectivity index (χ3n) is 3.32. The van der Waals surface area contributed by atoms with E-state index in [0.29, 0.717) is 5.56 Å². The van der Waals surface area contributed by atoms with E-state index in [2.05, 4.69) is 15.9 Å². The number of carbonyl (C=O) groups is 1. The Balaban J connectivity index is 2.15. The molecular formula is C17H17BrO2S. The summed E-state index contributed by atoms with van der Waals surface area (Å²) in [7, 11) is 0. The maximum Gasteiger partial charge on any atom is 0.179 e. The molecule has 2 aromatic carbocycles. The molecular weight excluding hydrogens is 348 g/mol. The van der Waals surface area contributed by atoms with Crippen molar-refractivity contribution in [1.82, 2.24) is 0 Å². The first-order valence-corrected chi connectivity index (χ1v) is 8.74. The van der Waals surface area contributed by atoms with E-state index in [-0.39, 0.29) is 5.78 Å². The third kappa shape index (κ3) is 3.96. The molecule has 0 bridgehead atoms. The zero-order valence-corrected chi connectivity index (χ0v) is 14.3. The smallest absolute Gasteiger partial charge is 0.179 e. The molecule has 1 N–H and O–H groups in total. The summed E-state index contributed by atoms with van der Waals surface area (Å²) in [6, 6.07) is 15.0. The monoisotopic (exact) mass is 364 g/mol. The van der Waals surface area contributed by atoms with E-state index in [9.17, 15) is 9.90 Å². The second-order valence-corrected chi connectivity index (χ2v) is 6.72. The first-order valence-electron chi connectivity index (χ1n) is 6.60. The van der Waals surface area contributed by atoms with Gasteiger partial charge in [0.1, 0.15) is 4.83 Å². The molecule has 2 unspecified atom stereocenters. The summed E-state index contributed by atoms with van der Waals surface area (Å²) in [6.45, 7) is 1.97. The van der Waals surface area contributed by atoms with Gasteiger partial charge in [-0.05, 0) is 30.9 Å². The van der Waals surface area contributed by atoms with Crippen LogP contribution in [0.3, 0.4) is 0 Å². The quantitative estimate of drug-likeness (QED) is 0.485. The predicted molar refractivity (Wildman–Crippen MR) is 91.4 cm³/mol. The van der Waals surface area contributed by atoms with Crippen molar-refractivity contribution in [2.24, 2.45) is 0 Å². The number of benzene rings is 2. The molecule has 2 rings (SSSR count). The maximum atomic E-state index is 12.4. The SMILES string of the molecule is CSc1ccc(C(O)C(Br)C(=O)c2ccc(C)cc2)cc1. The van der Waals surface area contributed by atoms with E-state index in [0.717, 1.165) is 16.0 Å². The molecule has 0 saturated heterocycles. The fourth-order valence-corrected chi connectivity index (χ4v) is 2.97. The number of hydrogen-bond donors (Lipinski definition) is 1. The largest absolute Gasteiger partial charge is 0.387 e. The Morgan fingerprint density at radius 2 is 1.67 bits per heavy atom. The van der Waals surface area contributed by atoms with Crippen molar-refractivity contribution in [3.05, 3.63) is 65.2 Å². The minimum Gasteiger partial charge on any atom is -0.387 e. The van der Waals surface area contributed by atoms with Crippen molar-refractivity contribution in [2.75, 3.05) is 6.26 Å². The molecule has 2 aromatic rings. The molecule has 0 saturated carbocycles. The second kappa shape index (κ2) is 7.25. The number of rotatable bonds is 5. The number of carbonyl (C=O) groups excluding carboxylic acids is 1. The number of aliphatic hydroxyl groups excluding tert-OH is 1. The van der Waals surface area contributed by atoms with Crippen LogP contribution in [0.2, 0.25) is 0 Å². The fourth-order valence-electron chi connectivity index (χ4n) is 1.99. The molecule has 0 amide bonds. The number of aliphatic hydroxyl groups is 1. The number of alkyl halides is 1. The summed E-state index contributed by atoms with van der Waals surface area (Å²) >= 11 is 4.97. The zero-order valence-electron chi connectivity index (χ0n) is 11.9. The first kappa shape index (κ1) is 16.3. The Morgan fingerprint density at radius 3 is 2.19 bits per heavy atom. The van der Waals surface area contributed by atoms with Crippen molar-refractivity contribution < 1.29 is 9.90 Å². The second-order valence-electron chi connectivity index (χ2n) is 4.85. The lowest BCUT2D eigenvalue weighted by atomic mass is 9.99. The molecule has 0 spiro atoms. The highest BCUT2D eigenvalue weighted by Gasteiger charge is 2.26. The Hall–Kier alpha value is -1.10. The summed E-state index contributed by atoms with van der Waals surface area (Å²) in [5.41, 5.74) is 2.43. The average Bonchev–Trinajstić information content (AvgIpc) is 2.53. The zero-order chi connectivity index (χ0) is 15.4. The number of halogens is 1. The number of hydrogen-bond acceptors (Lipinski definition) is 3. The van der Waals surface area contributed by atoms with Gasteiger partial charge in [-0.2, -0.15) is 0 Å². The fraction of sp³-hybridized carbons (Fsp3) is 0.235. The Morgan fingerprint density at radius 1 is 1.10 bits per heavy atom. The van der Waals surface area contributed by atoms with Gasteiger partial charge in [-0.15, -0.1) is 11.8 Å². The van der Waals surface area contributed by atoms with E-state index < -0.39 is 10.9 Å². The molecule has 2 atom stereocenters. The number of ketones is 1. The van der Waals surface area contributed by atoms with Gasteiger partial charge in [0.15, 0.2) is 5.78 Å². The number of aryl methyl sites for hydroxylation is 1. The van der Waals surface area contributed by atoms with E-state index in [1.807, 2.05) is 49.6 Å². The van der Waals surface area contributed by atoms with E-state index in [1.54, 1.807) is 23.9 Å². The molecule has 21 heavy (non-hydrogen) atoms.